The molecule has 1 unspecified atom stereocenters. The van der Waals surface area contributed by atoms with Gasteiger partial charge in [0.15, 0.2) is 8.32 Å². The summed E-state index contributed by atoms with van der Waals surface area (Å²) in [6.45, 7) is 8.24. The van der Waals surface area contributed by atoms with E-state index in [9.17, 15) is 34.8 Å². The van der Waals surface area contributed by atoms with Crippen molar-refractivity contribution in [2.45, 2.75) is 82.4 Å². The summed E-state index contributed by atoms with van der Waals surface area (Å²) in [6.07, 6.45) is -2.64. The Bertz CT molecular complexity index is 1160. The summed E-state index contributed by atoms with van der Waals surface area (Å²) >= 11 is 0. The summed E-state index contributed by atoms with van der Waals surface area (Å²) in [5.41, 5.74) is -7.27. The zero-order valence-electron chi connectivity index (χ0n) is 22.0. The molecule has 0 amide bonds. The lowest BCUT2D eigenvalue weighted by atomic mass is 9.42. The maximum atomic E-state index is 14.0. The average molecular weight is 589 g/mol. The molecular formula is C24H34F6N2O4SSi. The van der Waals surface area contributed by atoms with Gasteiger partial charge in [-0.05, 0) is 60.9 Å². The van der Waals surface area contributed by atoms with Crippen LogP contribution >= 0.6 is 0 Å². The Kier molecular flexibility index (Phi) is 7.19. The molecule has 3 aliphatic carbocycles. The van der Waals surface area contributed by atoms with Crippen LogP contribution in [0.5, 0.6) is 5.75 Å². The van der Waals surface area contributed by atoms with Crippen molar-refractivity contribution in [1.29, 1.82) is 0 Å². The molecule has 0 aromatic heterocycles. The first-order chi connectivity index (χ1) is 17.2. The topological polar surface area (TPSA) is 67.9 Å². The molecule has 0 spiro atoms. The van der Waals surface area contributed by atoms with Gasteiger partial charge in [0.25, 0.3) is 0 Å². The van der Waals surface area contributed by atoms with Crippen molar-refractivity contribution in [2.24, 2.45) is 11.3 Å². The van der Waals surface area contributed by atoms with Gasteiger partial charge in [-0.15, -0.1) is 0 Å². The van der Waals surface area contributed by atoms with Crippen LogP contribution in [0.3, 0.4) is 0 Å². The third-order valence-corrected chi connectivity index (χ3v) is 14.8. The van der Waals surface area contributed by atoms with E-state index in [0.29, 0.717) is 5.92 Å². The summed E-state index contributed by atoms with van der Waals surface area (Å²) in [6, 6.07) is 1.31. The van der Waals surface area contributed by atoms with Gasteiger partial charge in [0, 0.05) is 30.4 Å². The molecule has 1 aliphatic heterocycles. The number of nitrogens with zero attached hydrogens (tertiary/aromatic N) is 1. The Labute approximate surface area is 220 Å². The molecule has 216 valence electrons. The highest BCUT2D eigenvalue weighted by Gasteiger charge is 2.62. The van der Waals surface area contributed by atoms with E-state index in [2.05, 4.69) is 5.32 Å². The number of alkyl halides is 6. The number of hydrogen-bond donors (Lipinski definition) is 1. The summed E-state index contributed by atoms with van der Waals surface area (Å²) in [4.78, 5) is 0. The van der Waals surface area contributed by atoms with E-state index >= 15 is 0 Å². The highest BCUT2D eigenvalue weighted by Crippen LogP contribution is 2.67. The van der Waals surface area contributed by atoms with Gasteiger partial charge in [-0.3, -0.25) is 0 Å². The van der Waals surface area contributed by atoms with E-state index in [1.807, 2.05) is 33.9 Å². The van der Waals surface area contributed by atoms with Gasteiger partial charge < -0.3 is 14.5 Å². The summed E-state index contributed by atoms with van der Waals surface area (Å²) in [5, 5.41) is 2.95. The summed E-state index contributed by atoms with van der Waals surface area (Å²) in [5.74, 6) is -0.221. The number of hydrogen-bond acceptors (Lipinski definition) is 5. The SMILES string of the molecule is CC(C)(C)[Si](C)(C)OCCOc1c(C(F)(F)F)ccc2c1CN(S(=O)(=O)C(F)(F)F)CC(C13CC(C1)C3)N2. The minimum Gasteiger partial charge on any atom is -0.490 e. The van der Waals surface area contributed by atoms with Gasteiger partial charge >= 0.3 is 21.7 Å². The van der Waals surface area contributed by atoms with Crippen molar-refractivity contribution in [2.75, 3.05) is 25.1 Å². The van der Waals surface area contributed by atoms with Crippen molar-refractivity contribution in [3.63, 3.8) is 0 Å². The number of anilines is 1. The lowest BCUT2D eigenvalue weighted by molar-refractivity contribution is -0.139. The molecule has 1 aromatic carbocycles. The van der Waals surface area contributed by atoms with Crippen LogP contribution in [-0.2, 0) is 27.2 Å². The van der Waals surface area contributed by atoms with E-state index in [0.717, 1.165) is 31.4 Å². The summed E-state index contributed by atoms with van der Waals surface area (Å²) in [7, 11) is -8.05. The number of nitrogens with one attached hydrogen (secondary N) is 1. The van der Waals surface area contributed by atoms with Crippen LogP contribution in [0.4, 0.5) is 32.0 Å². The minimum absolute atomic E-state index is 0.0252. The van der Waals surface area contributed by atoms with E-state index in [1.54, 1.807) is 0 Å². The largest absolute Gasteiger partial charge is 0.511 e. The van der Waals surface area contributed by atoms with Gasteiger partial charge in [0.2, 0.25) is 0 Å². The Morgan fingerprint density at radius 1 is 1.05 bits per heavy atom. The first kappa shape index (κ1) is 29.5. The molecular weight excluding hydrogens is 554 g/mol. The number of fused-ring (bicyclic) bond motifs is 1. The van der Waals surface area contributed by atoms with Gasteiger partial charge in [-0.2, -0.15) is 30.6 Å². The number of rotatable bonds is 7. The zero-order valence-corrected chi connectivity index (χ0v) is 23.8. The monoisotopic (exact) mass is 588 g/mol. The second-order valence-electron chi connectivity index (χ2n) is 12.2. The van der Waals surface area contributed by atoms with Crippen LogP contribution in [0.1, 0.15) is 51.2 Å². The zero-order chi connectivity index (χ0) is 28.5. The molecule has 14 heteroatoms. The van der Waals surface area contributed by atoms with E-state index in [1.165, 1.54) is 0 Å². The molecule has 1 N–H and O–H groups in total. The van der Waals surface area contributed by atoms with Crippen molar-refractivity contribution in [1.82, 2.24) is 4.31 Å². The lowest BCUT2D eigenvalue weighted by Crippen LogP contribution is -2.63. The van der Waals surface area contributed by atoms with Crippen LogP contribution in [-0.4, -0.2) is 52.3 Å². The first-order valence-corrected chi connectivity index (χ1v) is 16.9. The third-order valence-electron chi connectivity index (χ3n) is 8.67. The molecule has 1 aromatic rings. The molecule has 2 bridgehead atoms. The second-order valence-corrected chi connectivity index (χ2v) is 18.9. The molecule has 38 heavy (non-hydrogen) atoms. The van der Waals surface area contributed by atoms with E-state index < -0.39 is 60.5 Å². The Hall–Kier alpha value is -1.51. The Balaban J connectivity index is 1.70. The number of halogens is 6. The van der Waals surface area contributed by atoms with E-state index in [4.69, 9.17) is 9.16 Å². The fourth-order valence-corrected chi connectivity index (χ4v) is 7.26. The van der Waals surface area contributed by atoms with Crippen LogP contribution in [0.2, 0.25) is 18.1 Å². The molecule has 4 aliphatic rings. The highest BCUT2D eigenvalue weighted by molar-refractivity contribution is 7.89. The average Bonchev–Trinajstić information content (AvgIpc) is 2.86. The van der Waals surface area contributed by atoms with E-state index in [-0.39, 0.29) is 39.2 Å². The van der Waals surface area contributed by atoms with Crippen LogP contribution in [0, 0.1) is 11.3 Å². The van der Waals surface area contributed by atoms with Crippen molar-refractivity contribution in [3.8, 4) is 5.75 Å². The van der Waals surface area contributed by atoms with Gasteiger partial charge in [-0.1, -0.05) is 20.8 Å². The van der Waals surface area contributed by atoms with Crippen molar-refractivity contribution in [3.05, 3.63) is 23.3 Å². The minimum atomic E-state index is -5.81. The van der Waals surface area contributed by atoms with Gasteiger partial charge in [-0.25, -0.2) is 8.42 Å². The molecule has 0 saturated heterocycles. The normalized spacial score (nSPS) is 26.5. The van der Waals surface area contributed by atoms with Crippen molar-refractivity contribution < 1.29 is 43.9 Å². The fourth-order valence-electron chi connectivity index (χ4n) is 5.29. The quantitative estimate of drug-likeness (QED) is 0.228. The Morgan fingerprint density at radius 2 is 1.66 bits per heavy atom. The third kappa shape index (κ3) is 5.17. The molecule has 6 nitrogen and oxygen atoms in total. The number of sulfonamides is 1. The standard InChI is InChI=1S/C24H34F6N2O4SSi/c1-21(2,3)38(4,5)36-9-8-35-20-16-13-32(37(33,34)24(28,29)30)14-19(22-10-15(11-22)12-22)31-18(16)7-6-17(20)23(25,26)27/h6-7,15,19,31H,8-14H2,1-5H3. The maximum absolute atomic E-state index is 14.0. The van der Waals surface area contributed by atoms with Crippen LogP contribution < -0.4 is 10.1 Å². The fraction of sp³-hybridized carbons (Fsp3) is 0.750. The molecule has 5 rings (SSSR count). The highest BCUT2D eigenvalue weighted by atomic mass is 32.2. The van der Waals surface area contributed by atoms with Gasteiger partial charge in [0.05, 0.1) is 12.2 Å². The van der Waals surface area contributed by atoms with Crippen LogP contribution in [0.15, 0.2) is 12.1 Å². The molecule has 3 saturated carbocycles. The number of ether oxygens (including phenoxy) is 1. The lowest BCUT2D eigenvalue weighted by Gasteiger charge is -2.65. The Morgan fingerprint density at radius 3 is 2.13 bits per heavy atom. The number of benzene rings is 1. The smallest absolute Gasteiger partial charge is 0.490 e. The molecule has 1 heterocycles. The predicted octanol–water partition coefficient (Wildman–Crippen LogP) is 6.35. The summed E-state index contributed by atoms with van der Waals surface area (Å²) < 4.78 is 120. The first-order valence-electron chi connectivity index (χ1n) is 12.5. The molecule has 1 atom stereocenters. The second kappa shape index (κ2) is 9.27. The molecule has 0 radical (unpaired) electrons. The van der Waals surface area contributed by atoms with Gasteiger partial charge in [0.1, 0.15) is 12.4 Å². The van der Waals surface area contributed by atoms with Crippen LogP contribution in [0.25, 0.3) is 0 Å². The maximum Gasteiger partial charge on any atom is 0.511 e. The van der Waals surface area contributed by atoms with Crippen molar-refractivity contribution >= 4 is 24.0 Å². The predicted molar refractivity (Wildman–Crippen MR) is 133 cm³/mol. The molecule has 3 fully saturated rings.